The summed E-state index contributed by atoms with van der Waals surface area (Å²) in [7, 11) is 0. The van der Waals surface area contributed by atoms with E-state index >= 15 is 0 Å². The molecular weight excluding hydrogens is 230 g/mol. The molecule has 1 aromatic heterocycles. The number of aromatic nitrogens is 2. The lowest BCUT2D eigenvalue weighted by Crippen LogP contribution is -2.38. The van der Waals surface area contributed by atoms with Crippen molar-refractivity contribution in [3.8, 4) is 0 Å². The summed E-state index contributed by atoms with van der Waals surface area (Å²) in [5.74, 6) is 0.456. The first-order valence-electron chi connectivity index (χ1n) is 6.39. The van der Waals surface area contributed by atoms with Gasteiger partial charge in [-0.05, 0) is 25.0 Å². The topological polar surface area (TPSA) is 43.8 Å². The quantitative estimate of drug-likeness (QED) is 0.877. The first kappa shape index (κ1) is 13.0. The molecule has 2 rings (SSSR count). The van der Waals surface area contributed by atoms with Gasteiger partial charge in [-0.2, -0.15) is 11.8 Å². The van der Waals surface area contributed by atoms with Crippen LogP contribution in [0.2, 0.25) is 0 Å². The predicted molar refractivity (Wildman–Crippen MR) is 74.1 cm³/mol. The Balaban J connectivity index is 2.14. The van der Waals surface area contributed by atoms with Crippen LogP contribution in [0.3, 0.4) is 0 Å². The fraction of sp³-hybridized carbons (Fsp3) is 0.769. The van der Waals surface area contributed by atoms with Crippen LogP contribution >= 0.6 is 11.8 Å². The zero-order chi connectivity index (χ0) is 12.5. The molecule has 1 unspecified atom stereocenters. The summed E-state index contributed by atoms with van der Waals surface area (Å²) >= 11 is 2.00. The van der Waals surface area contributed by atoms with Gasteiger partial charge in [0.05, 0.1) is 12.0 Å². The van der Waals surface area contributed by atoms with E-state index in [4.69, 9.17) is 5.73 Å². The molecule has 1 atom stereocenters. The third-order valence-corrected chi connectivity index (χ3v) is 5.36. The fourth-order valence-electron chi connectivity index (χ4n) is 2.39. The lowest BCUT2D eigenvalue weighted by Gasteiger charge is -2.41. The van der Waals surface area contributed by atoms with Crippen LogP contribution in [-0.4, -0.2) is 20.6 Å². The van der Waals surface area contributed by atoms with Gasteiger partial charge in [0.2, 0.25) is 0 Å². The summed E-state index contributed by atoms with van der Waals surface area (Å²) in [5.41, 5.74) is 7.42. The van der Waals surface area contributed by atoms with Gasteiger partial charge in [0.1, 0.15) is 0 Å². The Morgan fingerprint density at radius 1 is 1.53 bits per heavy atom. The molecular formula is C13H23N3S. The summed E-state index contributed by atoms with van der Waals surface area (Å²) in [6.07, 6.45) is 10.1. The molecule has 0 spiro atoms. The number of rotatable bonds is 5. The van der Waals surface area contributed by atoms with Gasteiger partial charge in [-0.1, -0.05) is 20.3 Å². The minimum atomic E-state index is 0.0940. The van der Waals surface area contributed by atoms with Crippen LogP contribution in [0.5, 0.6) is 0 Å². The maximum absolute atomic E-state index is 6.24. The number of nitrogens with zero attached hydrogens (tertiary/aromatic N) is 2. The Bertz CT molecular complexity index is 363. The molecule has 1 aliphatic carbocycles. The molecule has 1 aliphatic rings. The first-order valence-corrected chi connectivity index (χ1v) is 7.61. The second-order valence-corrected chi connectivity index (χ2v) is 6.73. The highest BCUT2D eigenvalue weighted by Crippen LogP contribution is 2.44. The van der Waals surface area contributed by atoms with Crippen LogP contribution in [0.4, 0.5) is 0 Å². The minimum Gasteiger partial charge on any atom is -0.332 e. The van der Waals surface area contributed by atoms with E-state index in [1.807, 2.05) is 24.3 Å². The van der Waals surface area contributed by atoms with Crippen LogP contribution < -0.4 is 5.73 Å². The van der Waals surface area contributed by atoms with E-state index in [9.17, 15) is 0 Å². The SMILES string of the molecule is CSC1(Cn2cncc2C(N)C(C)C)CCC1. The Morgan fingerprint density at radius 3 is 2.71 bits per heavy atom. The average molecular weight is 253 g/mol. The number of hydrogen-bond donors (Lipinski definition) is 1. The molecule has 1 aromatic rings. The van der Waals surface area contributed by atoms with Crippen LogP contribution in [0.25, 0.3) is 0 Å². The molecule has 0 amide bonds. The third kappa shape index (κ3) is 2.52. The second kappa shape index (κ2) is 5.02. The van der Waals surface area contributed by atoms with E-state index in [1.165, 1.54) is 25.0 Å². The Morgan fingerprint density at radius 2 is 2.24 bits per heavy atom. The van der Waals surface area contributed by atoms with Gasteiger partial charge in [0.25, 0.3) is 0 Å². The zero-order valence-corrected chi connectivity index (χ0v) is 11.8. The van der Waals surface area contributed by atoms with Gasteiger partial charge in [-0.3, -0.25) is 0 Å². The van der Waals surface area contributed by atoms with Crippen molar-refractivity contribution in [1.82, 2.24) is 9.55 Å². The molecule has 0 radical (unpaired) electrons. The number of nitrogens with two attached hydrogens (primary N) is 1. The number of imidazole rings is 1. The van der Waals surface area contributed by atoms with Gasteiger partial charge in [0, 0.05) is 23.5 Å². The lowest BCUT2D eigenvalue weighted by atomic mass is 9.84. The number of hydrogen-bond acceptors (Lipinski definition) is 3. The Hall–Kier alpha value is -0.480. The van der Waals surface area contributed by atoms with Gasteiger partial charge in [-0.25, -0.2) is 4.98 Å². The molecule has 17 heavy (non-hydrogen) atoms. The van der Waals surface area contributed by atoms with E-state index in [-0.39, 0.29) is 6.04 Å². The normalized spacial score (nSPS) is 20.3. The van der Waals surface area contributed by atoms with E-state index in [2.05, 4.69) is 29.7 Å². The van der Waals surface area contributed by atoms with Crippen LogP contribution in [0.1, 0.15) is 44.8 Å². The summed E-state index contributed by atoms with van der Waals surface area (Å²) in [6.45, 7) is 5.38. The van der Waals surface area contributed by atoms with Crippen LogP contribution in [0.15, 0.2) is 12.5 Å². The van der Waals surface area contributed by atoms with Gasteiger partial charge in [-0.15, -0.1) is 0 Å². The maximum atomic E-state index is 6.24. The van der Waals surface area contributed by atoms with Crippen molar-refractivity contribution in [2.45, 2.75) is 50.4 Å². The molecule has 1 heterocycles. The molecule has 1 saturated carbocycles. The molecule has 0 aliphatic heterocycles. The molecule has 0 saturated heterocycles. The van der Waals surface area contributed by atoms with E-state index in [0.717, 1.165) is 6.54 Å². The molecule has 96 valence electrons. The van der Waals surface area contributed by atoms with Crippen molar-refractivity contribution in [2.75, 3.05) is 6.26 Å². The molecule has 3 nitrogen and oxygen atoms in total. The van der Waals surface area contributed by atoms with Crippen LogP contribution in [-0.2, 0) is 6.54 Å². The van der Waals surface area contributed by atoms with Crippen LogP contribution in [0, 0.1) is 5.92 Å². The van der Waals surface area contributed by atoms with Gasteiger partial charge < -0.3 is 10.3 Å². The molecule has 0 aromatic carbocycles. The standard InChI is InChI=1S/C13H23N3S/c1-10(2)12(14)11-7-15-9-16(11)8-13(17-3)5-4-6-13/h7,9-10,12H,4-6,8,14H2,1-3H3. The van der Waals surface area contributed by atoms with Crippen molar-refractivity contribution in [2.24, 2.45) is 11.7 Å². The van der Waals surface area contributed by atoms with Crippen molar-refractivity contribution >= 4 is 11.8 Å². The van der Waals surface area contributed by atoms with Crippen molar-refractivity contribution < 1.29 is 0 Å². The highest BCUT2D eigenvalue weighted by atomic mass is 32.2. The smallest absolute Gasteiger partial charge is 0.0949 e. The lowest BCUT2D eigenvalue weighted by molar-refractivity contribution is 0.313. The van der Waals surface area contributed by atoms with Crippen molar-refractivity contribution in [3.63, 3.8) is 0 Å². The van der Waals surface area contributed by atoms with Gasteiger partial charge >= 0.3 is 0 Å². The summed E-state index contributed by atoms with van der Waals surface area (Å²) in [6, 6.07) is 0.0940. The van der Waals surface area contributed by atoms with Gasteiger partial charge in [0.15, 0.2) is 0 Å². The molecule has 2 N–H and O–H groups in total. The first-order chi connectivity index (χ1) is 8.08. The minimum absolute atomic E-state index is 0.0940. The highest BCUT2D eigenvalue weighted by Gasteiger charge is 2.37. The zero-order valence-electron chi connectivity index (χ0n) is 11.0. The molecule has 4 heteroatoms. The summed E-state index contributed by atoms with van der Waals surface area (Å²) in [4.78, 5) is 4.28. The fourth-order valence-corrected chi connectivity index (χ4v) is 3.36. The molecule has 0 bridgehead atoms. The largest absolute Gasteiger partial charge is 0.332 e. The van der Waals surface area contributed by atoms with E-state index in [1.54, 1.807) is 0 Å². The van der Waals surface area contributed by atoms with Crippen molar-refractivity contribution in [3.05, 3.63) is 18.2 Å². The summed E-state index contributed by atoms with van der Waals surface area (Å²) < 4.78 is 2.70. The predicted octanol–water partition coefficient (Wildman–Crippen LogP) is 2.82. The van der Waals surface area contributed by atoms with E-state index < -0.39 is 0 Å². The second-order valence-electron chi connectivity index (χ2n) is 5.46. The average Bonchev–Trinajstić information content (AvgIpc) is 2.70. The number of thioether (sulfide) groups is 1. The third-order valence-electron chi connectivity index (χ3n) is 3.96. The maximum Gasteiger partial charge on any atom is 0.0949 e. The molecule has 1 fully saturated rings. The Kier molecular flexibility index (Phi) is 3.83. The monoisotopic (exact) mass is 253 g/mol. The van der Waals surface area contributed by atoms with Crippen molar-refractivity contribution in [1.29, 1.82) is 0 Å². The highest BCUT2D eigenvalue weighted by molar-refractivity contribution is 8.00. The Labute approximate surface area is 108 Å². The van der Waals surface area contributed by atoms with E-state index in [0.29, 0.717) is 10.7 Å². The summed E-state index contributed by atoms with van der Waals surface area (Å²) in [5, 5.41) is 0.